The minimum absolute atomic E-state index is 0.245. The van der Waals surface area contributed by atoms with Crippen molar-refractivity contribution in [1.29, 1.82) is 0 Å². The third kappa shape index (κ3) is 3.61. The maximum Gasteiger partial charge on any atom is 0.231 e. The lowest BCUT2D eigenvalue weighted by atomic mass is 10.2. The van der Waals surface area contributed by atoms with E-state index in [0.717, 1.165) is 50.6 Å². The quantitative estimate of drug-likeness (QED) is 0.899. The lowest BCUT2D eigenvalue weighted by Crippen LogP contribution is -2.46. The summed E-state index contributed by atoms with van der Waals surface area (Å²) in [4.78, 5) is 2.41. The predicted molar refractivity (Wildman–Crippen MR) is 81.1 cm³/mol. The van der Waals surface area contributed by atoms with Gasteiger partial charge in [0.1, 0.15) is 0 Å². The molecule has 116 valence electrons. The number of nitrogens with one attached hydrogen (secondary N) is 1. The molecule has 2 heterocycles. The molecule has 1 N–H and O–H groups in total. The van der Waals surface area contributed by atoms with E-state index < -0.39 is 0 Å². The number of hydrogen-bond acceptors (Lipinski definition) is 5. The van der Waals surface area contributed by atoms with Gasteiger partial charge in [-0.15, -0.1) is 0 Å². The highest BCUT2D eigenvalue weighted by Crippen LogP contribution is 2.39. The van der Waals surface area contributed by atoms with Gasteiger partial charge in [0.05, 0.1) is 17.7 Å². The number of rotatable bonds is 5. The fourth-order valence-corrected chi connectivity index (χ4v) is 2.98. The molecule has 0 bridgehead atoms. The van der Waals surface area contributed by atoms with Crippen LogP contribution in [0.4, 0.5) is 0 Å². The number of halogens is 1. The van der Waals surface area contributed by atoms with E-state index in [1.54, 1.807) is 0 Å². The Kier molecular flexibility index (Phi) is 4.85. The topological polar surface area (TPSA) is 43.0 Å². The lowest BCUT2D eigenvalue weighted by molar-refractivity contribution is -0.0253. The van der Waals surface area contributed by atoms with E-state index in [9.17, 15) is 0 Å². The Balaban J connectivity index is 1.50. The minimum Gasteiger partial charge on any atom is -0.454 e. The molecule has 1 saturated heterocycles. The number of nitrogens with zero attached hydrogens (tertiary/aromatic N) is 1. The maximum absolute atomic E-state index is 6.18. The Morgan fingerprint density at radius 2 is 2.29 bits per heavy atom. The highest BCUT2D eigenvalue weighted by atomic mass is 35.5. The molecule has 2 aliphatic rings. The summed E-state index contributed by atoms with van der Waals surface area (Å²) in [6, 6.07) is 3.89. The Morgan fingerprint density at radius 3 is 3.14 bits per heavy atom. The fourth-order valence-electron chi connectivity index (χ4n) is 2.69. The van der Waals surface area contributed by atoms with E-state index >= 15 is 0 Å². The van der Waals surface area contributed by atoms with Gasteiger partial charge in [-0.1, -0.05) is 18.5 Å². The largest absolute Gasteiger partial charge is 0.454 e. The Bertz CT molecular complexity index is 498. The van der Waals surface area contributed by atoms with Gasteiger partial charge in [-0.05, 0) is 24.2 Å². The first-order valence-corrected chi connectivity index (χ1v) is 7.76. The second kappa shape index (κ2) is 6.83. The summed E-state index contributed by atoms with van der Waals surface area (Å²) < 4.78 is 16.5. The van der Waals surface area contributed by atoms with Crippen molar-refractivity contribution in [3.8, 4) is 11.5 Å². The third-order valence-corrected chi connectivity index (χ3v) is 4.14. The van der Waals surface area contributed by atoms with E-state index in [1.165, 1.54) is 0 Å². The highest BCUT2D eigenvalue weighted by Gasteiger charge is 2.20. The van der Waals surface area contributed by atoms with E-state index in [4.69, 9.17) is 25.8 Å². The molecule has 1 aromatic rings. The second-order valence-electron chi connectivity index (χ2n) is 5.33. The van der Waals surface area contributed by atoms with Crippen LogP contribution in [0.1, 0.15) is 12.5 Å². The van der Waals surface area contributed by atoms with Crippen molar-refractivity contribution in [2.45, 2.75) is 19.6 Å². The van der Waals surface area contributed by atoms with Crippen LogP contribution in [0.25, 0.3) is 0 Å². The minimum atomic E-state index is 0.245. The predicted octanol–water partition coefficient (Wildman–Crippen LogP) is 1.88. The van der Waals surface area contributed by atoms with E-state index in [-0.39, 0.29) is 12.9 Å². The number of ether oxygens (including phenoxy) is 3. The van der Waals surface area contributed by atoms with Crippen LogP contribution >= 0.6 is 11.6 Å². The zero-order valence-electron chi connectivity index (χ0n) is 12.2. The summed E-state index contributed by atoms with van der Waals surface area (Å²) in [5, 5.41) is 4.03. The zero-order valence-corrected chi connectivity index (χ0v) is 13.0. The van der Waals surface area contributed by atoms with E-state index in [2.05, 4.69) is 17.1 Å². The van der Waals surface area contributed by atoms with Gasteiger partial charge in [0, 0.05) is 26.2 Å². The molecule has 0 amide bonds. The standard InChI is InChI=1S/C15H21ClN2O3/c1-2-18-3-4-19-12(9-18)8-17-7-11-5-13(16)15-14(6-11)20-10-21-15/h5-6,12,17H,2-4,7-10H2,1H3. The molecule has 1 fully saturated rings. The van der Waals surface area contributed by atoms with Crippen LogP contribution in [0.5, 0.6) is 11.5 Å². The lowest BCUT2D eigenvalue weighted by Gasteiger charge is -2.32. The molecule has 0 saturated carbocycles. The van der Waals surface area contributed by atoms with Gasteiger partial charge in [-0.3, -0.25) is 4.90 Å². The number of hydrogen-bond donors (Lipinski definition) is 1. The summed E-state index contributed by atoms with van der Waals surface area (Å²) >= 11 is 6.18. The first-order chi connectivity index (χ1) is 10.3. The summed E-state index contributed by atoms with van der Waals surface area (Å²) in [5.74, 6) is 1.37. The molecule has 0 radical (unpaired) electrons. The molecule has 3 rings (SSSR count). The summed E-state index contributed by atoms with van der Waals surface area (Å²) in [5.41, 5.74) is 1.09. The molecule has 21 heavy (non-hydrogen) atoms. The zero-order chi connectivity index (χ0) is 14.7. The van der Waals surface area contributed by atoms with Crippen molar-refractivity contribution in [3.63, 3.8) is 0 Å². The number of morpholine rings is 1. The monoisotopic (exact) mass is 312 g/mol. The molecule has 0 aromatic heterocycles. The van der Waals surface area contributed by atoms with Crippen molar-refractivity contribution >= 4 is 11.6 Å². The number of fused-ring (bicyclic) bond motifs is 1. The molecule has 0 spiro atoms. The molecular formula is C15H21ClN2O3. The van der Waals surface area contributed by atoms with Crippen LogP contribution in [0.2, 0.25) is 5.02 Å². The van der Waals surface area contributed by atoms with Crippen LogP contribution in [-0.2, 0) is 11.3 Å². The van der Waals surface area contributed by atoms with E-state index in [1.807, 2.05) is 12.1 Å². The maximum atomic E-state index is 6.18. The van der Waals surface area contributed by atoms with Crippen LogP contribution in [0.15, 0.2) is 12.1 Å². The van der Waals surface area contributed by atoms with E-state index in [0.29, 0.717) is 10.8 Å². The molecule has 5 nitrogen and oxygen atoms in total. The SMILES string of the molecule is CCN1CCOC(CNCc2cc(Cl)c3c(c2)OCO3)C1. The molecule has 1 unspecified atom stereocenters. The van der Waals surface area contributed by atoms with Crippen molar-refractivity contribution in [3.05, 3.63) is 22.7 Å². The van der Waals surface area contributed by atoms with Gasteiger partial charge in [0.25, 0.3) is 0 Å². The first kappa shape index (κ1) is 14.9. The summed E-state index contributed by atoms with van der Waals surface area (Å²) in [6.07, 6.45) is 0.253. The third-order valence-electron chi connectivity index (χ3n) is 3.86. The smallest absolute Gasteiger partial charge is 0.231 e. The second-order valence-corrected chi connectivity index (χ2v) is 5.74. The summed E-state index contributed by atoms with van der Waals surface area (Å²) in [6.45, 7) is 7.92. The average molecular weight is 313 g/mol. The molecule has 1 atom stereocenters. The number of benzene rings is 1. The average Bonchev–Trinajstić information content (AvgIpc) is 2.96. The number of likely N-dealkylation sites (N-methyl/N-ethyl adjacent to an activating group) is 1. The van der Waals surface area contributed by atoms with Gasteiger partial charge in [0.2, 0.25) is 6.79 Å². The fraction of sp³-hybridized carbons (Fsp3) is 0.600. The normalized spacial score (nSPS) is 21.7. The van der Waals surface area contributed by atoms with Gasteiger partial charge in [0.15, 0.2) is 11.5 Å². The van der Waals surface area contributed by atoms with Gasteiger partial charge < -0.3 is 19.5 Å². The summed E-state index contributed by atoms with van der Waals surface area (Å²) in [7, 11) is 0. The Morgan fingerprint density at radius 1 is 1.38 bits per heavy atom. The Labute approximate surface area is 130 Å². The molecule has 0 aliphatic carbocycles. The van der Waals surface area contributed by atoms with Crippen LogP contribution in [0, 0.1) is 0 Å². The van der Waals surface area contributed by atoms with Gasteiger partial charge in [-0.2, -0.15) is 0 Å². The van der Waals surface area contributed by atoms with Crippen molar-refractivity contribution in [2.24, 2.45) is 0 Å². The van der Waals surface area contributed by atoms with Crippen molar-refractivity contribution in [2.75, 3.05) is 39.6 Å². The highest BCUT2D eigenvalue weighted by molar-refractivity contribution is 6.32. The van der Waals surface area contributed by atoms with Gasteiger partial charge >= 0.3 is 0 Å². The molecule has 6 heteroatoms. The molecule has 1 aromatic carbocycles. The first-order valence-electron chi connectivity index (χ1n) is 7.39. The molecular weight excluding hydrogens is 292 g/mol. The van der Waals surface area contributed by atoms with Gasteiger partial charge in [-0.25, -0.2) is 0 Å². The van der Waals surface area contributed by atoms with Crippen LogP contribution in [0.3, 0.4) is 0 Å². The molecule has 2 aliphatic heterocycles. The van der Waals surface area contributed by atoms with Crippen LogP contribution < -0.4 is 14.8 Å². The van der Waals surface area contributed by atoms with Crippen molar-refractivity contribution in [1.82, 2.24) is 10.2 Å². The van der Waals surface area contributed by atoms with Crippen LogP contribution in [-0.4, -0.2) is 50.6 Å². The Hall–Kier alpha value is -1.01. The van der Waals surface area contributed by atoms with Crippen molar-refractivity contribution < 1.29 is 14.2 Å².